The lowest BCUT2D eigenvalue weighted by Gasteiger charge is -2.27. The van der Waals surface area contributed by atoms with Gasteiger partial charge in [-0.2, -0.15) is 0 Å². The minimum Gasteiger partial charge on any atom is -0.432 e. The van der Waals surface area contributed by atoms with E-state index in [9.17, 15) is 32.9 Å². The van der Waals surface area contributed by atoms with Crippen molar-refractivity contribution < 1.29 is 60.9 Å². The number of rotatable bonds is 13. The maximum absolute atomic E-state index is 14.0. The number of benzene rings is 1. The van der Waals surface area contributed by atoms with E-state index in [1.165, 1.54) is 0 Å². The Labute approximate surface area is 206 Å². The predicted octanol–water partition coefficient (Wildman–Crippen LogP) is 4.90. The van der Waals surface area contributed by atoms with Crippen LogP contribution in [0.4, 0.5) is 18.4 Å². The number of hydrogen-bond acceptors (Lipinski definition) is 11. The largest absolute Gasteiger partial charge is 0.510 e. The van der Waals surface area contributed by atoms with Gasteiger partial charge in [0.05, 0.1) is 17.9 Å². The Bertz CT molecular complexity index is 910. The Balaban J connectivity index is 3.23. The lowest BCUT2D eigenvalue weighted by molar-refractivity contribution is -0.159. The molecular formula is C21H30F2NO11P. The molecule has 0 bridgehead atoms. The third kappa shape index (κ3) is 10.9. The van der Waals surface area contributed by atoms with Gasteiger partial charge in [-0.25, -0.2) is 23.4 Å². The van der Waals surface area contributed by atoms with Crippen molar-refractivity contribution in [1.82, 2.24) is 5.06 Å². The van der Waals surface area contributed by atoms with E-state index >= 15 is 0 Å². The molecule has 15 heteroatoms. The van der Waals surface area contributed by atoms with E-state index < -0.39 is 75.3 Å². The minimum absolute atomic E-state index is 0.111. The first-order chi connectivity index (χ1) is 16.7. The number of hydroxylamine groups is 2. The van der Waals surface area contributed by atoms with Gasteiger partial charge in [0.2, 0.25) is 19.5 Å². The fourth-order valence-corrected chi connectivity index (χ4v) is 4.42. The van der Waals surface area contributed by atoms with Crippen molar-refractivity contribution in [2.45, 2.75) is 58.4 Å². The van der Waals surface area contributed by atoms with Crippen molar-refractivity contribution in [3.05, 3.63) is 35.4 Å². The first kappa shape index (κ1) is 31.2. The van der Waals surface area contributed by atoms with E-state index in [0.29, 0.717) is 6.07 Å². The maximum Gasteiger partial charge on any atom is 0.510 e. The summed E-state index contributed by atoms with van der Waals surface area (Å²) in [5.41, 5.74) is -1.56. The topological polar surface area (TPSA) is 147 Å². The van der Waals surface area contributed by atoms with E-state index in [1.54, 1.807) is 27.7 Å². The molecule has 12 nitrogen and oxygen atoms in total. The zero-order chi connectivity index (χ0) is 27.5. The maximum atomic E-state index is 14.0. The van der Waals surface area contributed by atoms with Gasteiger partial charge in [-0.3, -0.25) is 23.6 Å². The molecule has 0 saturated heterocycles. The lowest BCUT2D eigenvalue weighted by atomic mass is 10.1. The lowest BCUT2D eigenvalue weighted by Crippen LogP contribution is -2.23. The average molecular weight is 541 g/mol. The number of halogens is 2. The predicted molar refractivity (Wildman–Crippen MR) is 118 cm³/mol. The van der Waals surface area contributed by atoms with Gasteiger partial charge in [0, 0.05) is 13.5 Å². The van der Waals surface area contributed by atoms with Gasteiger partial charge in [-0.05, 0) is 51.8 Å². The fourth-order valence-electron chi connectivity index (χ4n) is 2.62. The molecule has 0 heterocycles. The van der Waals surface area contributed by atoms with Crippen LogP contribution in [-0.4, -0.2) is 61.3 Å². The fraction of sp³-hybridized carbons (Fsp3) is 0.571. The van der Waals surface area contributed by atoms with Crippen LogP contribution in [0.1, 0.15) is 51.8 Å². The van der Waals surface area contributed by atoms with Crippen molar-refractivity contribution in [2.75, 3.05) is 20.6 Å². The Morgan fingerprint density at radius 1 is 0.944 bits per heavy atom. The van der Waals surface area contributed by atoms with E-state index in [0.717, 1.165) is 19.2 Å². The Morgan fingerprint density at radius 2 is 1.44 bits per heavy atom. The second-order valence-corrected chi connectivity index (χ2v) is 10.0. The van der Waals surface area contributed by atoms with Crippen LogP contribution in [0, 0.1) is 11.6 Å². The van der Waals surface area contributed by atoms with Crippen molar-refractivity contribution in [3.63, 3.8) is 0 Å². The molecule has 0 aliphatic carbocycles. The van der Waals surface area contributed by atoms with Gasteiger partial charge in [0.15, 0.2) is 11.6 Å². The smallest absolute Gasteiger partial charge is 0.432 e. The van der Waals surface area contributed by atoms with Gasteiger partial charge in [-0.1, -0.05) is 6.07 Å². The highest BCUT2D eigenvalue weighted by Crippen LogP contribution is 2.63. The van der Waals surface area contributed by atoms with Gasteiger partial charge in [-0.15, -0.1) is 0 Å². The molecule has 0 aliphatic rings. The normalized spacial score (nSPS) is 12.3. The van der Waals surface area contributed by atoms with Crippen LogP contribution >= 0.6 is 7.60 Å². The van der Waals surface area contributed by atoms with Crippen molar-refractivity contribution >= 4 is 25.8 Å². The molecule has 1 amide bonds. The van der Waals surface area contributed by atoms with Gasteiger partial charge in [0.25, 0.3) is 0 Å². The minimum atomic E-state index is -4.56. The molecule has 0 saturated carbocycles. The number of carbonyl (C=O) groups is 3. The first-order valence-electron chi connectivity index (χ1n) is 10.7. The summed E-state index contributed by atoms with van der Waals surface area (Å²) < 4.78 is 70.6. The molecule has 204 valence electrons. The number of nitrogens with zero attached hydrogens (tertiary/aromatic N) is 1. The van der Waals surface area contributed by atoms with Crippen LogP contribution in [-0.2, 0) is 37.4 Å². The zero-order valence-corrected chi connectivity index (χ0v) is 21.4. The highest BCUT2D eigenvalue weighted by atomic mass is 31.2. The van der Waals surface area contributed by atoms with Crippen LogP contribution in [0.2, 0.25) is 0 Å². The van der Waals surface area contributed by atoms with Crippen LogP contribution in [0.25, 0.3) is 0 Å². The van der Waals surface area contributed by atoms with Crippen LogP contribution in [0.15, 0.2) is 18.2 Å². The number of carbonyl (C=O) groups excluding carboxylic acids is 3. The summed E-state index contributed by atoms with van der Waals surface area (Å²) in [4.78, 5) is 35.2. The molecule has 36 heavy (non-hydrogen) atoms. The number of ether oxygens (including phenoxy) is 4. The molecule has 1 unspecified atom stereocenters. The Kier molecular flexibility index (Phi) is 12.7. The standard InChI is InChI=1S/C21H30F2NO11P/c1-13(2)34-20(26)30-11-32-36(29,33-12-31-21(27)35-14(3)4)18(8-9-19(25)24(5)28)15-6-7-16(22)17(23)10-15/h6-7,10,13-14,18,28H,8-9,11-12H2,1-5H3. The van der Waals surface area contributed by atoms with E-state index in [1.807, 2.05) is 0 Å². The second-order valence-electron chi connectivity index (χ2n) is 7.80. The summed E-state index contributed by atoms with van der Waals surface area (Å²) in [7, 11) is -3.50. The molecule has 0 fully saturated rings. The Morgan fingerprint density at radius 3 is 1.86 bits per heavy atom. The monoisotopic (exact) mass is 541 g/mol. The van der Waals surface area contributed by atoms with Crippen molar-refractivity contribution in [1.29, 1.82) is 0 Å². The summed E-state index contributed by atoms with van der Waals surface area (Å²) in [5.74, 6) is -3.29. The molecule has 1 rings (SSSR count). The summed E-state index contributed by atoms with van der Waals surface area (Å²) in [5, 5.41) is 9.62. The molecule has 1 aromatic carbocycles. The molecular weight excluding hydrogens is 511 g/mol. The van der Waals surface area contributed by atoms with Gasteiger partial charge < -0.3 is 18.9 Å². The van der Waals surface area contributed by atoms with Crippen molar-refractivity contribution in [3.8, 4) is 0 Å². The SMILES string of the molecule is CC(C)OC(=O)OCOP(=O)(OCOC(=O)OC(C)C)C(CCC(=O)N(C)O)c1ccc(F)c(F)c1. The van der Waals surface area contributed by atoms with Crippen molar-refractivity contribution in [2.24, 2.45) is 0 Å². The average Bonchev–Trinajstić information content (AvgIpc) is 2.74. The molecule has 1 atom stereocenters. The van der Waals surface area contributed by atoms with Crippen LogP contribution in [0.5, 0.6) is 0 Å². The number of hydrogen-bond donors (Lipinski definition) is 1. The molecule has 0 aromatic heterocycles. The van der Waals surface area contributed by atoms with Crippen LogP contribution < -0.4 is 0 Å². The summed E-state index contributed by atoms with van der Waals surface area (Å²) in [6.45, 7) is 4.28. The third-order valence-electron chi connectivity index (χ3n) is 4.19. The highest BCUT2D eigenvalue weighted by Gasteiger charge is 2.39. The summed E-state index contributed by atoms with van der Waals surface area (Å²) in [6.07, 6.45) is -4.17. The van der Waals surface area contributed by atoms with E-state index in [-0.39, 0.29) is 17.0 Å². The van der Waals surface area contributed by atoms with E-state index in [2.05, 4.69) is 0 Å². The Hall–Kier alpha value is -2.80. The summed E-state index contributed by atoms with van der Waals surface area (Å²) >= 11 is 0. The van der Waals surface area contributed by atoms with Crippen LogP contribution in [0.3, 0.4) is 0 Å². The summed E-state index contributed by atoms with van der Waals surface area (Å²) in [6, 6.07) is 2.56. The molecule has 0 radical (unpaired) electrons. The first-order valence-corrected chi connectivity index (χ1v) is 12.3. The number of amides is 1. The zero-order valence-electron chi connectivity index (χ0n) is 20.5. The van der Waals surface area contributed by atoms with Gasteiger partial charge >= 0.3 is 19.9 Å². The van der Waals surface area contributed by atoms with E-state index in [4.69, 9.17) is 28.0 Å². The third-order valence-corrected chi connectivity index (χ3v) is 6.44. The van der Waals surface area contributed by atoms with Gasteiger partial charge in [0.1, 0.15) is 0 Å². The quantitative estimate of drug-likeness (QED) is 0.120. The molecule has 1 N–H and O–H groups in total. The highest BCUT2D eigenvalue weighted by molar-refractivity contribution is 7.54. The molecule has 0 spiro atoms. The second kappa shape index (κ2) is 14.7. The molecule has 1 aromatic rings. The molecule has 0 aliphatic heterocycles.